The Hall–Kier alpha value is -2.09. The molecule has 1 saturated heterocycles. The Bertz CT molecular complexity index is 627. The Morgan fingerprint density at radius 2 is 2.12 bits per heavy atom. The molecule has 0 aliphatic carbocycles. The summed E-state index contributed by atoms with van der Waals surface area (Å²) in [5.41, 5.74) is 0. The van der Waals surface area contributed by atoms with E-state index in [1.165, 1.54) is 24.2 Å². The summed E-state index contributed by atoms with van der Waals surface area (Å²) in [6, 6.07) is 2.30. The Balaban J connectivity index is 2.02. The normalized spacial score (nSPS) is 18.4. The molecule has 0 aromatic carbocycles. The maximum Gasteiger partial charge on any atom is 0.326 e. The number of carbonyl (C=O) groups is 4. The molecular weight excluding hydrogens is 334 g/mol. The van der Waals surface area contributed by atoms with Crippen LogP contribution in [0.1, 0.15) is 43.2 Å². The van der Waals surface area contributed by atoms with Gasteiger partial charge in [-0.15, -0.1) is 0 Å². The van der Waals surface area contributed by atoms with Gasteiger partial charge in [0.15, 0.2) is 16.7 Å². The van der Waals surface area contributed by atoms with Gasteiger partial charge in [-0.05, 0) is 25.0 Å². The van der Waals surface area contributed by atoms with E-state index in [1.807, 2.05) is 0 Å². The highest BCUT2D eigenvalue weighted by atomic mass is 32.2. The van der Waals surface area contributed by atoms with Crippen LogP contribution in [0.15, 0.2) is 22.8 Å². The van der Waals surface area contributed by atoms with Crippen LogP contribution < -0.4 is 0 Å². The number of carbonyl (C=O) groups excluding carboxylic acids is 3. The SMILES string of the molecule is CC(=O)SC(CC(=O)c1ccco1)CC(=O)N1CCC[C@H]1C(=O)O. The summed E-state index contributed by atoms with van der Waals surface area (Å²) < 4.78 is 5.04. The minimum absolute atomic E-state index is 0.0188. The van der Waals surface area contributed by atoms with Gasteiger partial charge < -0.3 is 14.4 Å². The standard InChI is InChI=1S/C16H19NO6S/c1-10(18)24-11(8-13(19)14-5-3-7-23-14)9-15(20)17-6-2-4-12(17)16(21)22/h3,5,7,11-12H,2,4,6,8-9H2,1H3,(H,21,22)/t11?,12-/m0/s1. The number of furan rings is 1. The first-order valence-corrected chi connectivity index (χ1v) is 8.52. The van der Waals surface area contributed by atoms with Crippen LogP contribution in [0.4, 0.5) is 0 Å². The number of aliphatic carboxylic acids is 1. The maximum absolute atomic E-state index is 12.4. The Morgan fingerprint density at radius 1 is 1.38 bits per heavy atom. The molecule has 1 fully saturated rings. The second-order valence-corrected chi connectivity index (χ2v) is 7.10. The van der Waals surface area contributed by atoms with Crippen molar-refractivity contribution in [2.45, 2.75) is 43.9 Å². The van der Waals surface area contributed by atoms with Crippen LogP contribution in [0, 0.1) is 0 Å². The van der Waals surface area contributed by atoms with Gasteiger partial charge in [-0.3, -0.25) is 14.4 Å². The van der Waals surface area contributed by atoms with Crippen LogP contribution in [0.5, 0.6) is 0 Å². The lowest BCUT2D eigenvalue weighted by Crippen LogP contribution is -2.41. The van der Waals surface area contributed by atoms with Gasteiger partial charge in [-0.25, -0.2) is 4.79 Å². The number of hydrogen-bond acceptors (Lipinski definition) is 6. The van der Waals surface area contributed by atoms with E-state index < -0.39 is 17.3 Å². The van der Waals surface area contributed by atoms with Gasteiger partial charge in [0.25, 0.3) is 0 Å². The van der Waals surface area contributed by atoms with Crippen molar-refractivity contribution in [1.29, 1.82) is 0 Å². The first kappa shape index (κ1) is 18.3. The molecule has 7 nitrogen and oxygen atoms in total. The Kier molecular flexibility index (Phi) is 6.19. The number of hydrogen-bond donors (Lipinski definition) is 1. The van der Waals surface area contributed by atoms with Crippen LogP contribution in [-0.4, -0.2) is 50.6 Å². The number of rotatable bonds is 7. The molecule has 0 bridgehead atoms. The van der Waals surface area contributed by atoms with Crippen molar-refractivity contribution in [3.63, 3.8) is 0 Å². The summed E-state index contributed by atoms with van der Waals surface area (Å²) in [4.78, 5) is 48.5. The minimum atomic E-state index is -1.02. The predicted octanol–water partition coefficient (Wildman–Crippen LogP) is 1.97. The van der Waals surface area contributed by atoms with Gasteiger partial charge in [0.05, 0.1) is 6.26 Å². The maximum atomic E-state index is 12.4. The molecule has 1 aromatic rings. The van der Waals surface area contributed by atoms with Crippen molar-refractivity contribution in [2.75, 3.05) is 6.54 Å². The molecule has 1 aliphatic heterocycles. The molecule has 2 atom stereocenters. The fourth-order valence-electron chi connectivity index (χ4n) is 2.77. The molecule has 1 aromatic heterocycles. The quantitative estimate of drug-likeness (QED) is 0.747. The molecule has 0 saturated carbocycles. The van der Waals surface area contributed by atoms with E-state index >= 15 is 0 Å². The predicted molar refractivity (Wildman–Crippen MR) is 86.7 cm³/mol. The lowest BCUT2D eigenvalue weighted by atomic mass is 10.1. The van der Waals surface area contributed by atoms with E-state index in [9.17, 15) is 19.2 Å². The van der Waals surface area contributed by atoms with Gasteiger partial charge in [0, 0.05) is 31.6 Å². The molecule has 130 valence electrons. The Labute approximate surface area is 143 Å². The van der Waals surface area contributed by atoms with E-state index in [4.69, 9.17) is 9.52 Å². The third kappa shape index (κ3) is 4.70. The zero-order chi connectivity index (χ0) is 17.7. The summed E-state index contributed by atoms with van der Waals surface area (Å²) in [7, 11) is 0. The number of likely N-dealkylation sites (tertiary alicyclic amines) is 1. The van der Waals surface area contributed by atoms with Crippen molar-refractivity contribution in [1.82, 2.24) is 4.90 Å². The number of carboxylic acids is 1. The second-order valence-electron chi connectivity index (χ2n) is 5.62. The summed E-state index contributed by atoms with van der Waals surface area (Å²) in [5, 5.41) is 8.43. The molecule has 1 unspecified atom stereocenters. The Morgan fingerprint density at radius 3 is 2.71 bits per heavy atom. The zero-order valence-electron chi connectivity index (χ0n) is 13.3. The lowest BCUT2D eigenvalue weighted by molar-refractivity contribution is -0.148. The average molecular weight is 353 g/mol. The summed E-state index contributed by atoms with van der Waals surface area (Å²) >= 11 is 0.926. The molecule has 1 aliphatic rings. The topological polar surface area (TPSA) is 105 Å². The van der Waals surface area contributed by atoms with Crippen molar-refractivity contribution in [3.05, 3.63) is 24.2 Å². The third-order valence-electron chi connectivity index (χ3n) is 3.80. The molecule has 24 heavy (non-hydrogen) atoms. The first-order valence-electron chi connectivity index (χ1n) is 7.64. The fraction of sp³-hybridized carbons (Fsp3) is 0.500. The van der Waals surface area contributed by atoms with Crippen LogP contribution in [0.2, 0.25) is 0 Å². The molecule has 1 N–H and O–H groups in total. The molecule has 0 radical (unpaired) electrons. The van der Waals surface area contributed by atoms with Crippen LogP contribution >= 0.6 is 11.8 Å². The lowest BCUT2D eigenvalue weighted by Gasteiger charge is -2.23. The van der Waals surface area contributed by atoms with E-state index in [-0.39, 0.29) is 35.4 Å². The largest absolute Gasteiger partial charge is 0.480 e. The average Bonchev–Trinajstić information content (AvgIpc) is 3.18. The van der Waals surface area contributed by atoms with E-state index in [0.717, 1.165) is 11.8 Å². The van der Waals surface area contributed by atoms with E-state index in [0.29, 0.717) is 19.4 Å². The van der Waals surface area contributed by atoms with Gasteiger partial charge >= 0.3 is 5.97 Å². The highest BCUT2D eigenvalue weighted by molar-refractivity contribution is 8.14. The molecule has 8 heteroatoms. The summed E-state index contributed by atoms with van der Waals surface area (Å²) in [6.45, 7) is 1.76. The number of nitrogens with zero attached hydrogens (tertiary/aromatic N) is 1. The number of Topliss-reactive ketones (excluding diaryl/α,β-unsaturated/α-hetero) is 1. The molecular formula is C16H19NO6S. The van der Waals surface area contributed by atoms with Crippen molar-refractivity contribution in [3.8, 4) is 0 Å². The number of ketones is 1. The molecule has 2 rings (SSSR count). The van der Waals surface area contributed by atoms with Gasteiger partial charge in [0.2, 0.25) is 5.91 Å². The van der Waals surface area contributed by atoms with Crippen LogP contribution in [0.3, 0.4) is 0 Å². The second kappa shape index (κ2) is 8.14. The number of carboxylic acid groups (broad SMARTS) is 1. The third-order valence-corrected chi connectivity index (χ3v) is 4.80. The highest BCUT2D eigenvalue weighted by Gasteiger charge is 2.35. The van der Waals surface area contributed by atoms with Gasteiger partial charge in [-0.2, -0.15) is 0 Å². The highest BCUT2D eigenvalue weighted by Crippen LogP contribution is 2.25. The minimum Gasteiger partial charge on any atom is -0.480 e. The van der Waals surface area contributed by atoms with Crippen molar-refractivity contribution >= 4 is 34.5 Å². The van der Waals surface area contributed by atoms with E-state index in [2.05, 4.69) is 0 Å². The van der Waals surface area contributed by atoms with Crippen LogP contribution in [0.25, 0.3) is 0 Å². The fourth-order valence-corrected chi connectivity index (χ4v) is 3.70. The summed E-state index contributed by atoms with van der Waals surface area (Å²) in [5.74, 6) is -1.47. The zero-order valence-corrected chi connectivity index (χ0v) is 14.1. The van der Waals surface area contributed by atoms with Crippen molar-refractivity contribution < 1.29 is 28.7 Å². The molecule has 2 heterocycles. The first-order chi connectivity index (χ1) is 11.4. The van der Waals surface area contributed by atoms with Crippen molar-refractivity contribution in [2.24, 2.45) is 0 Å². The number of amides is 1. The van der Waals surface area contributed by atoms with Gasteiger partial charge in [-0.1, -0.05) is 11.8 Å². The monoisotopic (exact) mass is 353 g/mol. The number of thioether (sulfide) groups is 1. The van der Waals surface area contributed by atoms with Crippen LogP contribution in [-0.2, 0) is 14.4 Å². The van der Waals surface area contributed by atoms with Gasteiger partial charge in [0.1, 0.15) is 6.04 Å². The molecule has 1 amide bonds. The van der Waals surface area contributed by atoms with E-state index in [1.54, 1.807) is 6.07 Å². The smallest absolute Gasteiger partial charge is 0.326 e. The molecule has 0 spiro atoms. The summed E-state index contributed by atoms with van der Waals surface area (Å²) in [6.07, 6.45) is 2.37.